The third-order valence-corrected chi connectivity index (χ3v) is 7.22. The summed E-state index contributed by atoms with van der Waals surface area (Å²) in [4.78, 5) is 15.5. The average Bonchev–Trinajstić information content (AvgIpc) is 3.34. The van der Waals surface area contributed by atoms with Crippen molar-refractivity contribution >= 4 is 40.3 Å². The van der Waals surface area contributed by atoms with Crippen molar-refractivity contribution in [3.8, 4) is 16.9 Å². The van der Waals surface area contributed by atoms with Gasteiger partial charge in [0, 0.05) is 23.9 Å². The summed E-state index contributed by atoms with van der Waals surface area (Å²) >= 11 is 6.89. The van der Waals surface area contributed by atoms with Crippen LogP contribution in [0, 0.1) is 6.92 Å². The normalized spacial score (nSPS) is 15.3. The van der Waals surface area contributed by atoms with Gasteiger partial charge in [-0.25, -0.2) is 4.68 Å². The van der Waals surface area contributed by atoms with Crippen LogP contribution in [0.5, 0.6) is 0 Å². The summed E-state index contributed by atoms with van der Waals surface area (Å²) in [7, 11) is 0. The van der Waals surface area contributed by atoms with Crippen LogP contribution in [0.3, 0.4) is 0 Å². The minimum atomic E-state index is -0.00971. The standard InChI is InChI=1S/C27H29N3OS2/c1-5-6-14-29-26(31)24(33-27(29)32)16-21-17-30(22-10-8-7-9-11-22)28-25(21)23-15-20(18(2)3)13-12-19(23)4/h7-13,15-18H,5-6,14H2,1-4H3/b24-16-. The molecule has 0 bridgehead atoms. The number of rotatable bonds is 7. The Morgan fingerprint density at radius 2 is 1.91 bits per heavy atom. The molecule has 4 rings (SSSR count). The van der Waals surface area contributed by atoms with Crippen LogP contribution in [-0.2, 0) is 4.79 Å². The molecule has 0 aliphatic carbocycles. The fourth-order valence-electron chi connectivity index (χ4n) is 3.82. The number of thiocarbonyl (C=S) groups is 1. The van der Waals surface area contributed by atoms with Gasteiger partial charge in [-0.3, -0.25) is 9.69 Å². The smallest absolute Gasteiger partial charge is 0.266 e. The number of aryl methyl sites for hydroxylation is 1. The van der Waals surface area contributed by atoms with E-state index < -0.39 is 0 Å². The molecule has 0 atom stereocenters. The maximum Gasteiger partial charge on any atom is 0.266 e. The molecule has 1 amide bonds. The zero-order chi connectivity index (χ0) is 23.5. The van der Waals surface area contributed by atoms with Crippen molar-refractivity contribution < 1.29 is 4.79 Å². The van der Waals surface area contributed by atoms with E-state index in [1.54, 1.807) is 4.90 Å². The van der Waals surface area contributed by atoms with Gasteiger partial charge in [0.25, 0.3) is 5.91 Å². The number of aromatic nitrogens is 2. The molecule has 1 aliphatic heterocycles. The summed E-state index contributed by atoms with van der Waals surface area (Å²) in [5.41, 5.74) is 6.27. The summed E-state index contributed by atoms with van der Waals surface area (Å²) < 4.78 is 2.52. The van der Waals surface area contributed by atoms with Crippen LogP contribution in [0.2, 0.25) is 0 Å². The summed E-state index contributed by atoms with van der Waals surface area (Å²) in [6, 6.07) is 16.6. The second-order valence-electron chi connectivity index (χ2n) is 8.63. The number of hydrogen-bond acceptors (Lipinski definition) is 4. The highest BCUT2D eigenvalue weighted by Gasteiger charge is 2.32. The van der Waals surface area contributed by atoms with E-state index in [9.17, 15) is 4.79 Å². The van der Waals surface area contributed by atoms with Crippen LogP contribution in [0.4, 0.5) is 0 Å². The van der Waals surface area contributed by atoms with E-state index in [1.807, 2.05) is 47.3 Å². The molecular weight excluding hydrogens is 446 g/mol. The first-order valence-electron chi connectivity index (χ1n) is 11.4. The Morgan fingerprint density at radius 3 is 2.61 bits per heavy atom. The molecule has 1 aliphatic rings. The molecule has 4 nitrogen and oxygen atoms in total. The molecule has 1 aromatic heterocycles. The molecule has 0 N–H and O–H groups in total. The fourth-order valence-corrected chi connectivity index (χ4v) is 5.12. The summed E-state index contributed by atoms with van der Waals surface area (Å²) in [5.74, 6) is 0.406. The second kappa shape index (κ2) is 10.1. The van der Waals surface area contributed by atoms with Crippen LogP contribution in [0.25, 0.3) is 23.0 Å². The first kappa shape index (κ1) is 23.5. The predicted molar refractivity (Wildman–Crippen MR) is 143 cm³/mol. The van der Waals surface area contributed by atoms with E-state index in [0.717, 1.165) is 40.9 Å². The summed E-state index contributed by atoms with van der Waals surface area (Å²) in [5, 5.41) is 4.97. The van der Waals surface area contributed by atoms with Crippen LogP contribution in [0.1, 0.15) is 56.2 Å². The van der Waals surface area contributed by atoms with Gasteiger partial charge in [-0.1, -0.05) is 81.5 Å². The van der Waals surface area contributed by atoms with Gasteiger partial charge in [0.15, 0.2) is 0 Å². The number of carbonyl (C=O) groups is 1. The minimum absolute atomic E-state index is 0.00971. The highest BCUT2D eigenvalue weighted by molar-refractivity contribution is 8.26. The number of carbonyl (C=O) groups excluding carboxylic acids is 1. The van der Waals surface area contributed by atoms with Gasteiger partial charge in [0.1, 0.15) is 10.0 Å². The lowest BCUT2D eigenvalue weighted by atomic mass is 9.95. The zero-order valence-electron chi connectivity index (χ0n) is 19.5. The molecule has 3 aromatic rings. The van der Waals surface area contributed by atoms with Crippen molar-refractivity contribution in [2.24, 2.45) is 0 Å². The van der Waals surface area contributed by atoms with Crippen molar-refractivity contribution in [2.75, 3.05) is 6.54 Å². The Hall–Kier alpha value is -2.70. The van der Waals surface area contributed by atoms with Gasteiger partial charge >= 0.3 is 0 Å². The Balaban J connectivity index is 1.82. The molecule has 1 saturated heterocycles. The lowest BCUT2D eigenvalue weighted by molar-refractivity contribution is -0.122. The molecule has 0 saturated carbocycles. The third kappa shape index (κ3) is 4.97. The largest absolute Gasteiger partial charge is 0.293 e. The van der Waals surface area contributed by atoms with Gasteiger partial charge in [0.2, 0.25) is 0 Å². The average molecular weight is 476 g/mol. The minimum Gasteiger partial charge on any atom is -0.293 e. The highest BCUT2D eigenvalue weighted by Crippen LogP contribution is 2.36. The number of unbranched alkanes of at least 4 members (excludes halogenated alkanes) is 1. The fraction of sp³-hybridized carbons (Fsp3) is 0.296. The van der Waals surface area contributed by atoms with Gasteiger partial charge in [0.05, 0.1) is 10.6 Å². The van der Waals surface area contributed by atoms with E-state index in [0.29, 0.717) is 21.7 Å². The molecular formula is C27H29N3OS2. The molecule has 0 radical (unpaired) electrons. The molecule has 0 unspecified atom stereocenters. The lowest BCUT2D eigenvalue weighted by Crippen LogP contribution is -2.28. The van der Waals surface area contributed by atoms with E-state index in [-0.39, 0.29) is 5.91 Å². The Morgan fingerprint density at radius 1 is 1.15 bits per heavy atom. The molecule has 1 fully saturated rings. The van der Waals surface area contributed by atoms with Crippen LogP contribution < -0.4 is 0 Å². The van der Waals surface area contributed by atoms with Crippen LogP contribution in [-0.4, -0.2) is 31.5 Å². The van der Waals surface area contributed by atoms with Crippen molar-refractivity contribution in [3.05, 3.63) is 76.3 Å². The maximum absolute atomic E-state index is 13.1. The van der Waals surface area contributed by atoms with Crippen molar-refractivity contribution in [1.29, 1.82) is 0 Å². The van der Waals surface area contributed by atoms with Crippen LogP contribution in [0.15, 0.2) is 59.6 Å². The first-order valence-corrected chi connectivity index (χ1v) is 12.6. The Bertz CT molecular complexity index is 1210. The maximum atomic E-state index is 13.1. The summed E-state index contributed by atoms with van der Waals surface area (Å²) in [6.45, 7) is 9.28. The van der Waals surface area contributed by atoms with Gasteiger partial charge < -0.3 is 0 Å². The van der Waals surface area contributed by atoms with Crippen molar-refractivity contribution in [1.82, 2.24) is 14.7 Å². The van der Waals surface area contributed by atoms with Crippen LogP contribution >= 0.6 is 24.0 Å². The van der Waals surface area contributed by atoms with E-state index in [2.05, 4.69) is 45.9 Å². The van der Waals surface area contributed by atoms with E-state index >= 15 is 0 Å². The number of para-hydroxylation sites is 1. The number of thioether (sulfide) groups is 1. The van der Waals surface area contributed by atoms with Crippen molar-refractivity contribution in [3.63, 3.8) is 0 Å². The Labute approximate surface area is 205 Å². The molecule has 2 aromatic carbocycles. The topological polar surface area (TPSA) is 38.1 Å². The quantitative estimate of drug-likeness (QED) is 0.273. The molecule has 0 spiro atoms. The molecule has 6 heteroatoms. The number of hydrogen-bond donors (Lipinski definition) is 0. The number of nitrogens with zero attached hydrogens (tertiary/aromatic N) is 3. The monoisotopic (exact) mass is 475 g/mol. The van der Waals surface area contributed by atoms with Gasteiger partial charge in [-0.2, -0.15) is 5.10 Å². The lowest BCUT2D eigenvalue weighted by Gasteiger charge is -2.13. The zero-order valence-corrected chi connectivity index (χ0v) is 21.2. The SMILES string of the molecule is CCCCN1C(=O)/C(=C/c2cn(-c3ccccc3)nc2-c2cc(C(C)C)ccc2C)SC1=S. The molecule has 33 heavy (non-hydrogen) atoms. The van der Waals surface area contributed by atoms with Gasteiger partial charge in [-0.15, -0.1) is 0 Å². The predicted octanol–water partition coefficient (Wildman–Crippen LogP) is 6.97. The first-order chi connectivity index (χ1) is 15.9. The Kier molecular flexibility index (Phi) is 7.15. The summed E-state index contributed by atoms with van der Waals surface area (Å²) in [6.07, 6.45) is 5.92. The van der Waals surface area contributed by atoms with Crippen molar-refractivity contribution in [2.45, 2.75) is 46.5 Å². The van der Waals surface area contributed by atoms with E-state index in [1.165, 1.54) is 17.3 Å². The molecule has 170 valence electrons. The van der Waals surface area contributed by atoms with E-state index in [4.69, 9.17) is 17.3 Å². The number of amides is 1. The number of benzene rings is 2. The molecule has 2 heterocycles. The highest BCUT2D eigenvalue weighted by atomic mass is 32.2. The third-order valence-electron chi connectivity index (χ3n) is 5.84. The van der Waals surface area contributed by atoms with Gasteiger partial charge in [-0.05, 0) is 54.7 Å². The second-order valence-corrected chi connectivity index (χ2v) is 10.3.